The van der Waals surface area contributed by atoms with Gasteiger partial charge < -0.3 is 5.11 Å². The average molecular weight is 385 g/mol. The SMILES string of the molecule is Cc1nc2sccn2c1CN1CCN(CCc2ccccc2)C(CCO)C1. The molecule has 0 amide bonds. The predicted molar refractivity (Wildman–Crippen MR) is 110 cm³/mol. The van der Waals surface area contributed by atoms with Gasteiger partial charge in [0, 0.05) is 56.9 Å². The summed E-state index contributed by atoms with van der Waals surface area (Å²) >= 11 is 1.69. The van der Waals surface area contributed by atoms with Crippen LogP contribution in [-0.4, -0.2) is 63.1 Å². The van der Waals surface area contributed by atoms with Crippen molar-refractivity contribution in [1.82, 2.24) is 19.2 Å². The van der Waals surface area contributed by atoms with Crippen molar-refractivity contribution >= 4 is 16.3 Å². The first-order valence-electron chi connectivity index (χ1n) is 9.77. The van der Waals surface area contributed by atoms with E-state index in [4.69, 9.17) is 0 Å². The number of thiazole rings is 1. The summed E-state index contributed by atoms with van der Waals surface area (Å²) in [4.78, 5) is 10.8. The summed E-state index contributed by atoms with van der Waals surface area (Å²) in [5.41, 5.74) is 3.82. The Labute approximate surface area is 164 Å². The monoisotopic (exact) mass is 384 g/mol. The molecule has 1 aliphatic rings. The Morgan fingerprint density at radius 3 is 2.89 bits per heavy atom. The third-order valence-electron chi connectivity index (χ3n) is 5.62. The van der Waals surface area contributed by atoms with Gasteiger partial charge in [0.25, 0.3) is 0 Å². The smallest absolute Gasteiger partial charge is 0.194 e. The second-order valence-corrected chi connectivity index (χ2v) is 8.25. The van der Waals surface area contributed by atoms with Crippen LogP contribution in [0.3, 0.4) is 0 Å². The van der Waals surface area contributed by atoms with Crippen molar-refractivity contribution < 1.29 is 5.11 Å². The summed E-state index contributed by atoms with van der Waals surface area (Å²) in [7, 11) is 0. The molecule has 1 saturated heterocycles. The molecule has 1 atom stereocenters. The van der Waals surface area contributed by atoms with Crippen molar-refractivity contribution in [1.29, 1.82) is 0 Å². The van der Waals surface area contributed by atoms with Gasteiger partial charge in [-0.2, -0.15) is 0 Å². The number of aliphatic hydroxyl groups excluding tert-OH is 1. The topological polar surface area (TPSA) is 44.0 Å². The van der Waals surface area contributed by atoms with Crippen LogP contribution in [0.15, 0.2) is 41.9 Å². The Balaban J connectivity index is 1.40. The largest absolute Gasteiger partial charge is 0.396 e. The first-order chi connectivity index (χ1) is 13.2. The maximum atomic E-state index is 9.56. The van der Waals surface area contributed by atoms with Crippen molar-refractivity contribution in [2.75, 3.05) is 32.8 Å². The number of hydrogen-bond donors (Lipinski definition) is 1. The van der Waals surface area contributed by atoms with E-state index in [0.717, 1.165) is 56.2 Å². The summed E-state index contributed by atoms with van der Waals surface area (Å²) in [6, 6.07) is 11.1. The minimum absolute atomic E-state index is 0.251. The minimum Gasteiger partial charge on any atom is -0.396 e. The summed E-state index contributed by atoms with van der Waals surface area (Å²) in [6.45, 7) is 7.47. The standard InChI is InChI=1S/C21H28N4OS/c1-17-20(25-12-14-27-21(25)22-17)16-23-10-11-24(19(15-23)8-13-26)9-7-18-5-3-2-4-6-18/h2-6,12,14,19,26H,7-11,13,15-16H2,1H3. The lowest BCUT2D eigenvalue weighted by atomic mass is 10.1. The highest BCUT2D eigenvalue weighted by molar-refractivity contribution is 7.15. The number of piperazine rings is 1. The first-order valence-corrected chi connectivity index (χ1v) is 10.6. The molecule has 2 aromatic heterocycles. The molecule has 0 radical (unpaired) electrons. The number of benzene rings is 1. The molecule has 0 saturated carbocycles. The molecule has 5 nitrogen and oxygen atoms in total. The number of aromatic nitrogens is 2. The zero-order chi connectivity index (χ0) is 18.6. The van der Waals surface area contributed by atoms with E-state index in [1.54, 1.807) is 11.3 Å². The fraction of sp³-hybridized carbons (Fsp3) is 0.476. The molecule has 6 heteroatoms. The highest BCUT2D eigenvalue weighted by atomic mass is 32.1. The lowest BCUT2D eigenvalue weighted by Crippen LogP contribution is -2.53. The van der Waals surface area contributed by atoms with Crippen molar-refractivity contribution in [3.63, 3.8) is 0 Å². The number of hydrogen-bond acceptors (Lipinski definition) is 5. The summed E-state index contributed by atoms with van der Waals surface area (Å²) in [5, 5.41) is 11.7. The first kappa shape index (κ1) is 18.6. The lowest BCUT2D eigenvalue weighted by Gasteiger charge is -2.41. The Morgan fingerprint density at radius 2 is 2.07 bits per heavy atom. The van der Waals surface area contributed by atoms with Gasteiger partial charge in [0.2, 0.25) is 0 Å². The minimum atomic E-state index is 0.251. The van der Waals surface area contributed by atoms with Gasteiger partial charge >= 0.3 is 0 Å². The van der Waals surface area contributed by atoms with Gasteiger partial charge in [-0.3, -0.25) is 14.2 Å². The number of imidazole rings is 1. The molecule has 1 N–H and O–H groups in total. The zero-order valence-electron chi connectivity index (χ0n) is 15.9. The van der Waals surface area contributed by atoms with Crippen LogP contribution in [-0.2, 0) is 13.0 Å². The highest BCUT2D eigenvalue weighted by Gasteiger charge is 2.27. The van der Waals surface area contributed by atoms with E-state index in [1.807, 2.05) is 0 Å². The van der Waals surface area contributed by atoms with E-state index >= 15 is 0 Å². The molecular weight excluding hydrogens is 356 g/mol. The van der Waals surface area contributed by atoms with E-state index < -0.39 is 0 Å². The second-order valence-electron chi connectivity index (χ2n) is 7.37. The highest BCUT2D eigenvalue weighted by Crippen LogP contribution is 2.21. The molecule has 0 spiro atoms. The van der Waals surface area contributed by atoms with Crippen molar-refractivity contribution in [2.24, 2.45) is 0 Å². The molecule has 1 aromatic carbocycles. The number of aliphatic hydroxyl groups is 1. The number of fused-ring (bicyclic) bond motifs is 1. The summed E-state index contributed by atoms with van der Waals surface area (Å²) in [6.07, 6.45) is 4.03. The molecule has 0 bridgehead atoms. The van der Waals surface area contributed by atoms with E-state index in [-0.39, 0.29) is 6.61 Å². The molecule has 4 rings (SSSR count). The maximum Gasteiger partial charge on any atom is 0.194 e. The van der Waals surface area contributed by atoms with Gasteiger partial charge in [0.05, 0.1) is 11.4 Å². The van der Waals surface area contributed by atoms with E-state index in [9.17, 15) is 5.11 Å². The van der Waals surface area contributed by atoms with Crippen LogP contribution in [0.1, 0.15) is 23.4 Å². The Morgan fingerprint density at radius 1 is 1.22 bits per heavy atom. The van der Waals surface area contributed by atoms with Crippen LogP contribution in [0.4, 0.5) is 0 Å². The van der Waals surface area contributed by atoms with Crippen LogP contribution in [0.2, 0.25) is 0 Å². The Kier molecular flexibility index (Phi) is 5.88. The predicted octanol–water partition coefficient (Wildman–Crippen LogP) is 2.82. The van der Waals surface area contributed by atoms with Crippen molar-refractivity contribution in [3.8, 4) is 0 Å². The zero-order valence-corrected chi connectivity index (χ0v) is 16.7. The average Bonchev–Trinajstić information content (AvgIpc) is 3.24. The van der Waals surface area contributed by atoms with E-state index in [1.165, 1.54) is 11.3 Å². The van der Waals surface area contributed by atoms with Crippen LogP contribution < -0.4 is 0 Å². The molecule has 144 valence electrons. The van der Waals surface area contributed by atoms with Gasteiger partial charge in [-0.05, 0) is 25.3 Å². The lowest BCUT2D eigenvalue weighted by molar-refractivity contribution is 0.0554. The normalized spacial score (nSPS) is 19.1. The van der Waals surface area contributed by atoms with Crippen LogP contribution in [0.25, 0.3) is 4.96 Å². The van der Waals surface area contributed by atoms with Crippen LogP contribution in [0, 0.1) is 6.92 Å². The fourth-order valence-corrected chi connectivity index (χ4v) is 4.86. The van der Waals surface area contributed by atoms with Gasteiger partial charge in [0.1, 0.15) is 0 Å². The molecule has 3 heterocycles. The molecule has 1 unspecified atom stereocenters. The molecule has 3 aromatic rings. The Bertz CT molecular complexity index is 860. The van der Waals surface area contributed by atoms with E-state index in [0.29, 0.717) is 6.04 Å². The van der Waals surface area contributed by atoms with Gasteiger partial charge in [-0.1, -0.05) is 30.3 Å². The van der Waals surface area contributed by atoms with Crippen molar-refractivity contribution in [3.05, 3.63) is 58.9 Å². The fourth-order valence-electron chi connectivity index (χ4n) is 4.08. The number of aryl methyl sites for hydroxylation is 1. The van der Waals surface area contributed by atoms with Crippen LogP contribution in [0.5, 0.6) is 0 Å². The molecule has 27 heavy (non-hydrogen) atoms. The van der Waals surface area contributed by atoms with Gasteiger partial charge in [0.15, 0.2) is 4.96 Å². The molecule has 1 aliphatic heterocycles. The summed E-state index contributed by atoms with van der Waals surface area (Å²) < 4.78 is 2.23. The summed E-state index contributed by atoms with van der Waals surface area (Å²) in [5.74, 6) is 0. The number of rotatable bonds is 7. The van der Waals surface area contributed by atoms with E-state index in [2.05, 4.69) is 68.0 Å². The second kappa shape index (κ2) is 8.52. The molecular formula is C21H28N4OS. The van der Waals surface area contributed by atoms with Gasteiger partial charge in [-0.25, -0.2) is 4.98 Å². The number of nitrogens with zero attached hydrogens (tertiary/aromatic N) is 4. The Hall–Kier alpha value is -1.73. The molecule has 0 aliphatic carbocycles. The third kappa shape index (κ3) is 4.24. The quantitative estimate of drug-likeness (QED) is 0.680. The van der Waals surface area contributed by atoms with Crippen LogP contribution >= 0.6 is 11.3 Å². The van der Waals surface area contributed by atoms with Crippen molar-refractivity contribution in [2.45, 2.75) is 32.4 Å². The maximum absolute atomic E-state index is 9.56. The van der Waals surface area contributed by atoms with Gasteiger partial charge in [-0.15, -0.1) is 11.3 Å². The molecule has 1 fully saturated rings. The third-order valence-corrected chi connectivity index (χ3v) is 6.37.